The van der Waals surface area contributed by atoms with Gasteiger partial charge in [-0.05, 0) is 0 Å². The summed E-state index contributed by atoms with van der Waals surface area (Å²) in [6.07, 6.45) is -4.94. The molecule has 7 heteroatoms. The zero-order valence-electron chi connectivity index (χ0n) is 7.60. The third-order valence-electron chi connectivity index (χ3n) is 1.12. The van der Waals surface area contributed by atoms with Crippen LogP contribution >= 0.6 is 0 Å². The number of hydrogen-bond acceptors (Lipinski definition) is 4. The molecule has 84 valence electrons. The van der Waals surface area contributed by atoms with Crippen LogP contribution in [0.3, 0.4) is 0 Å². The molecule has 14 heavy (non-hydrogen) atoms. The van der Waals surface area contributed by atoms with Crippen molar-refractivity contribution in [2.75, 3.05) is 33.5 Å². The largest absolute Gasteiger partial charge is 0.490 e. The van der Waals surface area contributed by atoms with Crippen LogP contribution in [0.25, 0.3) is 0 Å². The van der Waals surface area contributed by atoms with Crippen molar-refractivity contribution in [1.82, 2.24) is 0 Å². The Hall–Kier alpha value is -0.820. The number of rotatable bonds is 6. The first-order chi connectivity index (χ1) is 6.48. The van der Waals surface area contributed by atoms with Crippen LogP contribution in [-0.2, 0) is 19.0 Å². The van der Waals surface area contributed by atoms with Crippen molar-refractivity contribution < 1.29 is 32.2 Å². The minimum atomic E-state index is -4.94. The molecule has 0 aromatic carbocycles. The second kappa shape index (κ2) is 6.61. The van der Waals surface area contributed by atoms with Crippen LogP contribution in [-0.4, -0.2) is 45.7 Å². The second-order valence-corrected chi connectivity index (χ2v) is 2.24. The van der Waals surface area contributed by atoms with Gasteiger partial charge in [0.2, 0.25) is 0 Å². The van der Waals surface area contributed by atoms with E-state index in [-0.39, 0.29) is 13.2 Å². The highest BCUT2D eigenvalue weighted by Gasteiger charge is 2.40. The first-order valence-electron chi connectivity index (χ1n) is 3.79. The van der Waals surface area contributed by atoms with E-state index in [4.69, 9.17) is 4.74 Å². The maximum atomic E-state index is 11.5. The number of alkyl halides is 3. The van der Waals surface area contributed by atoms with Crippen molar-refractivity contribution in [3.05, 3.63) is 0 Å². The lowest BCUT2D eigenvalue weighted by atomic mass is 10.6. The highest BCUT2D eigenvalue weighted by molar-refractivity contribution is 5.75. The number of hydrogen-bond donors (Lipinski definition) is 0. The number of esters is 1. The Morgan fingerprint density at radius 2 is 1.71 bits per heavy atom. The van der Waals surface area contributed by atoms with E-state index < -0.39 is 18.8 Å². The molecule has 0 unspecified atom stereocenters. The van der Waals surface area contributed by atoms with Gasteiger partial charge in [0.25, 0.3) is 0 Å². The molecule has 0 aliphatic carbocycles. The predicted octanol–water partition coefficient (Wildman–Crippen LogP) is 0.755. The van der Waals surface area contributed by atoms with Crippen molar-refractivity contribution in [3.63, 3.8) is 0 Å². The molecule has 0 aromatic heterocycles. The molecule has 0 aliphatic rings. The van der Waals surface area contributed by atoms with Gasteiger partial charge in [-0.1, -0.05) is 0 Å². The standard InChI is InChI=1S/C7H11F3O4/c1-12-2-3-13-4-5-14-6(11)7(8,9)10/h2-5H2,1H3. The van der Waals surface area contributed by atoms with Crippen LogP contribution in [0.2, 0.25) is 0 Å². The van der Waals surface area contributed by atoms with E-state index >= 15 is 0 Å². The third-order valence-corrected chi connectivity index (χ3v) is 1.12. The highest BCUT2D eigenvalue weighted by atomic mass is 19.4. The quantitative estimate of drug-likeness (QED) is 0.485. The number of methoxy groups -OCH3 is 1. The van der Waals surface area contributed by atoms with Crippen molar-refractivity contribution in [2.24, 2.45) is 0 Å². The summed E-state index contributed by atoms with van der Waals surface area (Å²) >= 11 is 0. The van der Waals surface area contributed by atoms with Gasteiger partial charge in [0.15, 0.2) is 0 Å². The van der Waals surface area contributed by atoms with Gasteiger partial charge in [-0.3, -0.25) is 0 Å². The molecule has 0 saturated carbocycles. The van der Waals surface area contributed by atoms with E-state index in [2.05, 4.69) is 9.47 Å². The lowest BCUT2D eigenvalue weighted by Crippen LogP contribution is -2.26. The third kappa shape index (κ3) is 6.67. The summed E-state index contributed by atoms with van der Waals surface area (Å²) in [7, 11) is 1.47. The SMILES string of the molecule is COCCOCCOC(=O)C(F)(F)F. The lowest BCUT2D eigenvalue weighted by Gasteiger charge is -2.07. The highest BCUT2D eigenvalue weighted by Crippen LogP contribution is 2.15. The minimum absolute atomic E-state index is 0.0782. The van der Waals surface area contributed by atoms with Crippen LogP contribution in [0, 0.1) is 0 Å². The molecular weight excluding hydrogens is 205 g/mol. The van der Waals surface area contributed by atoms with Crippen LogP contribution in [0.5, 0.6) is 0 Å². The molecule has 0 aromatic rings. The summed E-state index contributed by atoms with van der Waals surface area (Å²) in [4.78, 5) is 10.1. The zero-order chi connectivity index (χ0) is 11.0. The van der Waals surface area contributed by atoms with E-state index in [0.29, 0.717) is 6.61 Å². The Morgan fingerprint density at radius 1 is 1.14 bits per heavy atom. The molecule has 0 rings (SSSR count). The van der Waals surface area contributed by atoms with Gasteiger partial charge in [0.1, 0.15) is 6.61 Å². The van der Waals surface area contributed by atoms with Crippen molar-refractivity contribution >= 4 is 5.97 Å². The molecule has 0 amide bonds. The molecule has 4 nitrogen and oxygen atoms in total. The summed E-state index contributed by atoms with van der Waals surface area (Å²) in [5.41, 5.74) is 0. The smallest absolute Gasteiger partial charge is 0.457 e. The normalized spacial score (nSPS) is 11.4. The van der Waals surface area contributed by atoms with Gasteiger partial charge in [-0.25, -0.2) is 4.79 Å². The Balaban J connectivity index is 3.33. The fourth-order valence-corrected chi connectivity index (χ4v) is 0.519. The van der Waals surface area contributed by atoms with E-state index in [1.807, 2.05) is 0 Å². The van der Waals surface area contributed by atoms with Gasteiger partial charge in [-0.2, -0.15) is 13.2 Å². The van der Waals surface area contributed by atoms with Gasteiger partial charge >= 0.3 is 12.1 Å². The Labute approximate surface area is 78.9 Å². The maximum Gasteiger partial charge on any atom is 0.490 e. The lowest BCUT2D eigenvalue weighted by molar-refractivity contribution is -0.200. The maximum absolute atomic E-state index is 11.5. The number of ether oxygens (including phenoxy) is 3. The number of halogens is 3. The summed E-state index contributed by atoms with van der Waals surface area (Å²) in [6.45, 7) is 0.0977. The molecule has 0 heterocycles. The first-order valence-corrected chi connectivity index (χ1v) is 3.79. The van der Waals surface area contributed by atoms with Gasteiger partial charge in [0, 0.05) is 7.11 Å². The fraction of sp³-hybridized carbons (Fsp3) is 0.857. The first kappa shape index (κ1) is 13.2. The molecule has 0 atom stereocenters. The fourth-order valence-electron chi connectivity index (χ4n) is 0.519. The average Bonchev–Trinajstić information content (AvgIpc) is 2.09. The molecule has 0 N–H and O–H groups in total. The van der Waals surface area contributed by atoms with E-state index in [0.717, 1.165) is 0 Å². The molecule has 0 aliphatic heterocycles. The monoisotopic (exact) mass is 216 g/mol. The molecule has 0 radical (unpaired) electrons. The van der Waals surface area contributed by atoms with E-state index in [9.17, 15) is 18.0 Å². The zero-order valence-corrected chi connectivity index (χ0v) is 7.60. The summed E-state index contributed by atoms with van der Waals surface area (Å²) in [5, 5.41) is 0. The van der Waals surface area contributed by atoms with Crippen LogP contribution in [0.15, 0.2) is 0 Å². The minimum Gasteiger partial charge on any atom is -0.457 e. The molecular formula is C7H11F3O4. The Morgan fingerprint density at radius 3 is 2.21 bits per heavy atom. The molecule has 0 spiro atoms. The van der Waals surface area contributed by atoms with E-state index in [1.165, 1.54) is 7.11 Å². The van der Waals surface area contributed by atoms with Crippen LogP contribution in [0.1, 0.15) is 0 Å². The second-order valence-electron chi connectivity index (χ2n) is 2.24. The number of carbonyl (C=O) groups excluding carboxylic acids is 1. The van der Waals surface area contributed by atoms with Crippen molar-refractivity contribution in [2.45, 2.75) is 6.18 Å². The van der Waals surface area contributed by atoms with Gasteiger partial charge in [0.05, 0.1) is 19.8 Å². The summed E-state index contributed by atoms with van der Waals surface area (Å²) in [5.74, 6) is -2.20. The van der Waals surface area contributed by atoms with E-state index in [1.54, 1.807) is 0 Å². The topological polar surface area (TPSA) is 44.8 Å². The summed E-state index contributed by atoms with van der Waals surface area (Å²) < 4.78 is 47.9. The Bertz CT molecular complexity index is 169. The molecule has 0 bridgehead atoms. The van der Waals surface area contributed by atoms with Crippen molar-refractivity contribution in [3.8, 4) is 0 Å². The average molecular weight is 216 g/mol. The van der Waals surface area contributed by atoms with Crippen LogP contribution in [0.4, 0.5) is 13.2 Å². The summed E-state index contributed by atoms with van der Waals surface area (Å²) in [6, 6.07) is 0. The van der Waals surface area contributed by atoms with Gasteiger partial charge < -0.3 is 14.2 Å². The molecule has 0 fully saturated rings. The Kier molecular flexibility index (Phi) is 6.22. The predicted molar refractivity (Wildman–Crippen MR) is 39.7 cm³/mol. The van der Waals surface area contributed by atoms with Gasteiger partial charge in [-0.15, -0.1) is 0 Å². The number of carbonyl (C=O) groups is 1. The van der Waals surface area contributed by atoms with Crippen molar-refractivity contribution in [1.29, 1.82) is 0 Å². The van der Waals surface area contributed by atoms with Crippen LogP contribution < -0.4 is 0 Å². The molecule has 0 saturated heterocycles.